The van der Waals surface area contributed by atoms with E-state index < -0.39 is 24.5 Å². The lowest BCUT2D eigenvalue weighted by molar-refractivity contribution is -0.137. The number of urea groups is 1. The number of aliphatic carboxylic acids is 1. The Morgan fingerprint density at radius 2 is 1.45 bits per heavy atom. The van der Waals surface area contributed by atoms with Crippen LogP contribution in [0.25, 0.3) is 0 Å². The average molecular weight is 288 g/mol. The van der Waals surface area contributed by atoms with E-state index in [-0.39, 0.29) is 19.0 Å². The maximum absolute atomic E-state index is 11.6. The molecule has 114 valence electrons. The highest BCUT2D eigenvalue weighted by Crippen LogP contribution is 1.87. The molecule has 0 spiro atoms. The Bertz CT molecular complexity index is 368. The fourth-order valence-corrected chi connectivity index (χ4v) is 1.30. The van der Waals surface area contributed by atoms with Gasteiger partial charge in [0.15, 0.2) is 0 Å². The molecule has 0 aromatic rings. The van der Waals surface area contributed by atoms with Crippen LogP contribution in [0.1, 0.15) is 13.8 Å². The summed E-state index contributed by atoms with van der Waals surface area (Å²) in [4.78, 5) is 45.7. The van der Waals surface area contributed by atoms with E-state index >= 15 is 0 Å². The Morgan fingerprint density at radius 1 is 0.900 bits per heavy atom. The first-order valence-electron chi connectivity index (χ1n) is 6.18. The van der Waals surface area contributed by atoms with Crippen molar-refractivity contribution in [2.24, 2.45) is 0 Å². The maximum Gasteiger partial charge on any atom is 0.322 e. The molecule has 0 atom stereocenters. The van der Waals surface area contributed by atoms with Crippen molar-refractivity contribution in [2.45, 2.75) is 13.8 Å². The van der Waals surface area contributed by atoms with Crippen molar-refractivity contribution in [3.63, 3.8) is 0 Å². The standard InChI is InChI=1S/C11H20N4O5/c1-3-15(4-2)9(17)6-14-11(20)13-5-8(16)12-7-10(18)19/h3-7H2,1-2H3,(H,12,16)(H,18,19)(H2,13,14,20). The summed E-state index contributed by atoms with van der Waals surface area (Å²) in [6.45, 7) is 3.72. The van der Waals surface area contributed by atoms with Gasteiger partial charge in [-0.1, -0.05) is 0 Å². The Hall–Kier alpha value is -2.32. The summed E-state index contributed by atoms with van der Waals surface area (Å²) in [5.41, 5.74) is 0. The first kappa shape index (κ1) is 17.7. The van der Waals surface area contributed by atoms with E-state index in [4.69, 9.17) is 5.11 Å². The molecule has 20 heavy (non-hydrogen) atoms. The molecular formula is C11H20N4O5. The number of carbonyl (C=O) groups is 4. The van der Waals surface area contributed by atoms with Gasteiger partial charge >= 0.3 is 12.0 Å². The highest BCUT2D eigenvalue weighted by Gasteiger charge is 2.11. The Morgan fingerprint density at radius 3 is 1.95 bits per heavy atom. The van der Waals surface area contributed by atoms with Crippen molar-refractivity contribution < 1.29 is 24.3 Å². The fourth-order valence-electron chi connectivity index (χ4n) is 1.30. The molecule has 0 saturated carbocycles. The molecule has 0 aromatic carbocycles. The highest BCUT2D eigenvalue weighted by atomic mass is 16.4. The second-order valence-electron chi connectivity index (χ2n) is 3.77. The molecule has 0 fully saturated rings. The number of hydrogen-bond donors (Lipinski definition) is 4. The van der Waals surface area contributed by atoms with E-state index in [1.54, 1.807) is 4.90 Å². The summed E-state index contributed by atoms with van der Waals surface area (Å²) < 4.78 is 0. The van der Waals surface area contributed by atoms with Gasteiger partial charge in [-0.25, -0.2) is 4.79 Å². The van der Waals surface area contributed by atoms with Gasteiger partial charge in [-0.05, 0) is 13.8 Å². The number of nitrogens with one attached hydrogen (secondary N) is 3. The monoisotopic (exact) mass is 288 g/mol. The largest absolute Gasteiger partial charge is 0.480 e. The number of carboxylic acids is 1. The van der Waals surface area contributed by atoms with E-state index in [1.165, 1.54) is 0 Å². The Labute approximate surface area is 116 Å². The summed E-state index contributed by atoms with van der Waals surface area (Å²) in [7, 11) is 0. The Kier molecular flexibility index (Phi) is 8.48. The van der Waals surface area contributed by atoms with E-state index in [1.807, 2.05) is 13.8 Å². The molecule has 0 radical (unpaired) electrons. The zero-order valence-electron chi connectivity index (χ0n) is 11.6. The van der Waals surface area contributed by atoms with Crippen molar-refractivity contribution in [2.75, 3.05) is 32.7 Å². The number of amides is 4. The van der Waals surface area contributed by atoms with Crippen LogP contribution in [-0.4, -0.2) is 66.5 Å². The first-order valence-corrected chi connectivity index (χ1v) is 6.18. The van der Waals surface area contributed by atoms with Gasteiger partial charge in [0.2, 0.25) is 11.8 Å². The quantitative estimate of drug-likeness (QED) is 0.426. The zero-order chi connectivity index (χ0) is 15.5. The van der Waals surface area contributed by atoms with Crippen molar-refractivity contribution in [3.05, 3.63) is 0 Å². The molecule has 0 aromatic heterocycles. The predicted octanol–water partition coefficient (Wildman–Crippen LogP) is -1.65. The Balaban J connectivity index is 3.86. The van der Waals surface area contributed by atoms with Gasteiger partial charge in [-0.15, -0.1) is 0 Å². The highest BCUT2D eigenvalue weighted by molar-refractivity contribution is 5.88. The molecule has 0 heterocycles. The summed E-state index contributed by atoms with van der Waals surface area (Å²) in [5.74, 6) is -2.02. The molecule has 0 unspecified atom stereocenters. The summed E-state index contributed by atoms with van der Waals surface area (Å²) in [6.07, 6.45) is 0. The number of likely N-dealkylation sites (N-methyl/N-ethyl adjacent to an activating group) is 1. The van der Waals surface area contributed by atoms with Crippen LogP contribution in [0, 0.1) is 0 Å². The average Bonchev–Trinajstić information content (AvgIpc) is 2.41. The van der Waals surface area contributed by atoms with Gasteiger partial charge in [-0.3, -0.25) is 14.4 Å². The maximum atomic E-state index is 11.6. The third kappa shape index (κ3) is 7.90. The van der Waals surface area contributed by atoms with Gasteiger partial charge in [0.1, 0.15) is 6.54 Å². The van der Waals surface area contributed by atoms with E-state index in [2.05, 4.69) is 16.0 Å². The molecule has 0 aliphatic carbocycles. The first-order chi connectivity index (χ1) is 9.40. The van der Waals surface area contributed by atoms with E-state index in [0.717, 1.165) is 0 Å². The fraction of sp³-hybridized carbons (Fsp3) is 0.636. The molecule has 0 rings (SSSR count). The number of rotatable bonds is 8. The molecule has 9 heteroatoms. The molecule has 4 amide bonds. The topological polar surface area (TPSA) is 128 Å². The lowest BCUT2D eigenvalue weighted by atomic mass is 10.4. The van der Waals surface area contributed by atoms with Crippen LogP contribution in [-0.2, 0) is 14.4 Å². The minimum atomic E-state index is -1.17. The van der Waals surface area contributed by atoms with Gasteiger partial charge < -0.3 is 26.0 Å². The van der Waals surface area contributed by atoms with Crippen LogP contribution >= 0.6 is 0 Å². The lowest BCUT2D eigenvalue weighted by Crippen LogP contribution is -2.46. The van der Waals surface area contributed by atoms with Crippen LogP contribution < -0.4 is 16.0 Å². The van der Waals surface area contributed by atoms with Gasteiger partial charge in [0.25, 0.3) is 0 Å². The molecule has 0 bridgehead atoms. The van der Waals surface area contributed by atoms with Gasteiger partial charge in [0, 0.05) is 13.1 Å². The van der Waals surface area contributed by atoms with Crippen molar-refractivity contribution in [1.29, 1.82) is 0 Å². The van der Waals surface area contributed by atoms with Crippen LogP contribution in [0.15, 0.2) is 0 Å². The third-order valence-electron chi connectivity index (χ3n) is 2.36. The number of carboxylic acid groups (broad SMARTS) is 1. The number of carbonyl (C=O) groups excluding carboxylic acids is 3. The third-order valence-corrected chi connectivity index (χ3v) is 2.36. The minimum Gasteiger partial charge on any atom is -0.480 e. The van der Waals surface area contributed by atoms with E-state index in [9.17, 15) is 19.2 Å². The summed E-state index contributed by atoms with van der Waals surface area (Å²) in [6, 6.07) is -0.670. The molecule has 0 saturated heterocycles. The van der Waals surface area contributed by atoms with Crippen LogP contribution in [0.3, 0.4) is 0 Å². The molecular weight excluding hydrogens is 268 g/mol. The SMILES string of the molecule is CCN(CC)C(=O)CNC(=O)NCC(=O)NCC(=O)O. The zero-order valence-corrected chi connectivity index (χ0v) is 11.6. The predicted molar refractivity (Wildman–Crippen MR) is 70.0 cm³/mol. The van der Waals surface area contributed by atoms with Crippen molar-refractivity contribution in [1.82, 2.24) is 20.9 Å². The summed E-state index contributed by atoms with van der Waals surface area (Å²) >= 11 is 0. The second-order valence-corrected chi connectivity index (χ2v) is 3.77. The number of nitrogens with zero attached hydrogens (tertiary/aromatic N) is 1. The van der Waals surface area contributed by atoms with Crippen LogP contribution in [0.4, 0.5) is 4.79 Å². The molecule has 0 aliphatic rings. The van der Waals surface area contributed by atoms with Crippen molar-refractivity contribution in [3.8, 4) is 0 Å². The molecule has 4 N–H and O–H groups in total. The smallest absolute Gasteiger partial charge is 0.322 e. The van der Waals surface area contributed by atoms with Crippen LogP contribution in [0.5, 0.6) is 0 Å². The van der Waals surface area contributed by atoms with Crippen molar-refractivity contribution >= 4 is 23.8 Å². The normalized spacial score (nSPS) is 9.50. The van der Waals surface area contributed by atoms with Crippen LogP contribution in [0.2, 0.25) is 0 Å². The minimum absolute atomic E-state index is 0.162. The van der Waals surface area contributed by atoms with Gasteiger partial charge in [0.05, 0.1) is 13.1 Å². The van der Waals surface area contributed by atoms with Gasteiger partial charge in [-0.2, -0.15) is 0 Å². The molecule has 0 aliphatic heterocycles. The summed E-state index contributed by atoms with van der Waals surface area (Å²) in [5, 5.41) is 14.9. The second kappa shape index (κ2) is 9.59. The molecule has 9 nitrogen and oxygen atoms in total. The van der Waals surface area contributed by atoms with E-state index in [0.29, 0.717) is 13.1 Å². The number of hydrogen-bond acceptors (Lipinski definition) is 4. The lowest BCUT2D eigenvalue weighted by Gasteiger charge is -2.18.